The zero-order chi connectivity index (χ0) is 10.8. The fourth-order valence-electron chi connectivity index (χ4n) is 1.20. The van der Waals surface area contributed by atoms with Gasteiger partial charge in [-0.3, -0.25) is 4.98 Å². The average Bonchev–Trinajstić information content (AvgIpc) is 2.60. The van der Waals surface area contributed by atoms with Crippen LogP contribution in [-0.4, -0.2) is 9.97 Å². The first-order valence-electron chi connectivity index (χ1n) is 4.47. The lowest BCUT2D eigenvalue weighted by Gasteiger charge is -1.93. The minimum Gasteiger partial charge on any atom is -0.261 e. The number of pyridine rings is 1. The quantitative estimate of drug-likeness (QED) is 0.805. The van der Waals surface area contributed by atoms with E-state index in [0.717, 1.165) is 11.3 Å². The van der Waals surface area contributed by atoms with Crippen LogP contribution in [0.4, 0.5) is 4.39 Å². The second-order valence-corrected chi connectivity index (χ2v) is 4.42. The number of rotatable bonds is 2. The molecule has 15 heavy (non-hydrogen) atoms. The Morgan fingerprint density at radius 2 is 2.27 bits per heavy atom. The predicted molar refractivity (Wildman–Crippen MR) is 59.7 cm³/mol. The molecule has 0 radical (unpaired) electrons. The van der Waals surface area contributed by atoms with E-state index in [2.05, 4.69) is 9.97 Å². The van der Waals surface area contributed by atoms with Crippen molar-refractivity contribution in [3.05, 3.63) is 34.3 Å². The minimum atomic E-state index is -0.364. The van der Waals surface area contributed by atoms with Crippen LogP contribution >= 0.6 is 22.9 Å². The van der Waals surface area contributed by atoms with Gasteiger partial charge in [-0.1, -0.05) is 18.5 Å². The monoisotopic (exact) mass is 242 g/mol. The van der Waals surface area contributed by atoms with Gasteiger partial charge in [-0.15, -0.1) is 11.3 Å². The van der Waals surface area contributed by atoms with Gasteiger partial charge in [0.2, 0.25) is 0 Å². The van der Waals surface area contributed by atoms with Crippen molar-refractivity contribution in [3.63, 3.8) is 0 Å². The van der Waals surface area contributed by atoms with E-state index in [0.29, 0.717) is 15.7 Å². The largest absolute Gasteiger partial charge is 0.261 e. The van der Waals surface area contributed by atoms with Crippen LogP contribution in [-0.2, 0) is 6.42 Å². The van der Waals surface area contributed by atoms with E-state index in [9.17, 15) is 4.39 Å². The molecular weight excluding hydrogens is 235 g/mol. The van der Waals surface area contributed by atoms with Gasteiger partial charge in [-0.05, 0) is 12.5 Å². The molecule has 0 atom stereocenters. The van der Waals surface area contributed by atoms with Gasteiger partial charge >= 0.3 is 0 Å². The summed E-state index contributed by atoms with van der Waals surface area (Å²) in [7, 11) is 0. The number of aryl methyl sites for hydroxylation is 1. The summed E-state index contributed by atoms with van der Waals surface area (Å²) in [5, 5.41) is 1.21. The highest BCUT2D eigenvalue weighted by Crippen LogP contribution is 2.30. The third kappa shape index (κ3) is 2.16. The fraction of sp³-hybridized carbons (Fsp3) is 0.200. The average molecular weight is 243 g/mol. The molecular formula is C10H8ClFN2S. The van der Waals surface area contributed by atoms with Crippen LogP contribution in [0.2, 0.25) is 5.15 Å². The number of nitrogens with zero attached hydrogens (tertiary/aromatic N) is 2. The van der Waals surface area contributed by atoms with Crippen LogP contribution in [0.5, 0.6) is 0 Å². The molecule has 0 N–H and O–H groups in total. The molecule has 0 saturated carbocycles. The summed E-state index contributed by atoms with van der Waals surface area (Å²) in [5.41, 5.74) is 0.668. The molecule has 0 aliphatic heterocycles. The third-order valence-electron chi connectivity index (χ3n) is 1.92. The van der Waals surface area contributed by atoms with Crippen molar-refractivity contribution >= 4 is 22.9 Å². The van der Waals surface area contributed by atoms with Gasteiger partial charge in [0.15, 0.2) is 0 Å². The summed E-state index contributed by atoms with van der Waals surface area (Å²) >= 11 is 7.39. The Labute approximate surface area is 95.8 Å². The standard InChI is InChI=1S/C10H8ClFN2S/c1-2-8-9(11)14-10(15-8)6-3-7(12)5-13-4-6/h3-5H,2H2,1H3. The molecule has 2 aromatic heterocycles. The molecule has 2 nitrogen and oxygen atoms in total. The summed E-state index contributed by atoms with van der Waals surface area (Å²) in [5.74, 6) is -0.364. The predicted octanol–water partition coefficient (Wildman–Crippen LogP) is 3.56. The van der Waals surface area contributed by atoms with Gasteiger partial charge in [0.05, 0.1) is 6.20 Å². The Bertz CT molecular complexity index is 484. The molecule has 2 heterocycles. The van der Waals surface area contributed by atoms with E-state index in [1.54, 1.807) is 6.20 Å². The van der Waals surface area contributed by atoms with Gasteiger partial charge in [0.1, 0.15) is 16.0 Å². The van der Waals surface area contributed by atoms with E-state index in [1.807, 2.05) is 6.92 Å². The maximum absolute atomic E-state index is 12.9. The smallest absolute Gasteiger partial charge is 0.143 e. The molecule has 0 spiro atoms. The Morgan fingerprint density at radius 1 is 1.47 bits per heavy atom. The molecule has 2 rings (SSSR count). The highest BCUT2D eigenvalue weighted by molar-refractivity contribution is 7.15. The Kier molecular flexibility index (Phi) is 2.98. The summed E-state index contributed by atoms with van der Waals surface area (Å²) < 4.78 is 12.9. The van der Waals surface area contributed by atoms with Crippen LogP contribution in [0.15, 0.2) is 18.5 Å². The number of halogens is 2. The second-order valence-electron chi connectivity index (χ2n) is 2.98. The van der Waals surface area contributed by atoms with Crippen LogP contribution in [0.1, 0.15) is 11.8 Å². The first kappa shape index (κ1) is 10.5. The number of aromatic nitrogens is 2. The van der Waals surface area contributed by atoms with Gasteiger partial charge in [0.25, 0.3) is 0 Å². The van der Waals surface area contributed by atoms with Gasteiger partial charge in [0, 0.05) is 16.6 Å². The first-order chi connectivity index (χ1) is 7.20. The van der Waals surface area contributed by atoms with Crippen LogP contribution in [0, 0.1) is 5.82 Å². The van der Waals surface area contributed by atoms with Crippen molar-refractivity contribution in [3.8, 4) is 10.6 Å². The normalized spacial score (nSPS) is 10.6. The van der Waals surface area contributed by atoms with E-state index in [1.165, 1.54) is 23.6 Å². The van der Waals surface area contributed by atoms with Crippen molar-refractivity contribution < 1.29 is 4.39 Å². The summed E-state index contributed by atoms with van der Waals surface area (Å²) in [6.07, 6.45) is 3.58. The van der Waals surface area contributed by atoms with E-state index >= 15 is 0 Å². The third-order valence-corrected chi connectivity index (χ3v) is 3.60. The van der Waals surface area contributed by atoms with E-state index < -0.39 is 0 Å². The number of hydrogen-bond donors (Lipinski definition) is 0. The zero-order valence-electron chi connectivity index (χ0n) is 8.00. The highest BCUT2D eigenvalue weighted by atomic mass is 35.5. The first-order valence-corrected chi connectivity index (χ1v) is 5.66. The van der Waals surface area contributed by atoms with Crippen LogP contribution < -0.4 is 0 Å². The van der Waals surface area contributed by atoms with Crippen molar-refractivity contribution in [1.82, 2.24) is 9.97 Å². The molecule has 0 bridgehead atoms. The molecule has 0 aromatic carbocycles. The second kappa shape index (κ2) is 4.24. The van der Waals surface area contributed by atoms with Gasteiger partial charge < -0.3 is 0 Å². The molecule has 0 amide bonds. The van der Waals surface area contributed by atoms with Crippen LogP contribution in [0.25, 0.3) is 10.6 Å². The molecule has 0 fully saturated rings. The molecule has 5 heteroatoms. The summed E-state index contributed by atoms with van der Waals surface area (Å²) in [6, 6.07) is 1.40. The lowest BCUT2D eigenvalue weighted by molar-refractivity contribution is 0.622. The summed E-state index contributed by atoms with van der Waals surface area (Å²) in [6.45, 7) is 2.01. The molecule has 0 unspecified atom stereocenters. The minimum absolute atomic E-state index is 0.364. The topological polar surface area (TPSA) is 25.8 Å². The molecule has 0 aliphatic rings. The number of thiazole rings is 1. The maximum atomic E-state index is 12.9. The lowest BCUT2D eigenvalue weighted by atomic mass is 10.3. The Morgan fingerprint density at radius 3 is 2.87 bits per heavy atom. The van der Waals surface area contributed by atoms with Gasteiger partial charge in [-0.25, -0.2) is 9.37 Å². The SMILES string of the molecule is CCc1sc(-c2cncc(F)c2)nc1Cl. The fourth-order valence-corrected chi connectivity index (χ4v) is 2.46. The van der Waals surface area contributed by atoms with E-state index in [-0.39, 0.29) is 5.82 Å². The van der Waals surface area contributed by atoms with Crippen molar-refractivity contribution in [1.29, 1.82) is 0 Å². The zero-order valence-corrected chi connectivity index (χ0v) is 9.57. The highest BCUT2D eigenvalue weighted by Gasteiger charge is 2.10. The molecule has 0 saturated heterocycles. The van der Waals surface area contributed by atoms with Crippen molar-refractivity contribution in [2.75, 3.05) is 0 Å². The van der Waals surface area contributed by atoms with Crippen molar-refractivity contribution in [2.24, 2.45) is 0 Å². The van der Waals surface area contributed by atoms with Gasteiger partial charge in [-0.2, -0.15) is 0 Å². The Hall–Kier alpha value is -1.00. The summed E-state index contributed by atoms with van der Waals surface area (Å²) in [4.78, 5) is 8.95. The molecule has 0 aliphatic carbocycles. The van der Waals surface area contributed by atoms with Crippen LogP contribution in [0.3, 0.4) is 0 Å². The molecule has 2 aromatic rings. The lowest BCUT2D eigenvalue weighted by Crippen LogP contribution is -1.81. The van der Waals surface area contributed by atoms with E-state index in [4.69, 9.17) is 11.6 Å². The van der Waals surface area contributed by atoms with Crippen molar-refractivity contribution in [2.45, 2.75) is 13.3 Å². The maximum Gasteiger partial charge on any atom is 0.143 e. The Balaban J connectivity index is 2.45. The number of hydrogen-bond acceptors (Lipinski definition) is 3. The molecule has 78 valence electrons.